The SMILES string of the molecule is NC(=O)c1c(NC(=O)CSc2nnc(-c3ccncc3)n2Cc2ccccc2)sc2c1CCC2. The zero-order chi connectivity index (χ0) is 23.5. The van der Waals surface area contributed by atoms with Crippen molar-refractivity contribution in [3.8, 4) is 11.4 Å². The molecule has 1 aliphatic rings. The largest absolute Gasteiger partial charge is 0.365 e. The second-order valence-electron chi connectivity index (χ2n) is 7.88. The molecule has 3 aromatic heterocycles. The van der Waals surface area contributed by atoms with E-state index in [9.17, 15) is 9.59 Å². The number of aryl methyl sites for hydroxylation is 1. The van der Waals surface area contributed by atoms with Gasteiger partial charge in [-0.05, 0) is 42.5 Å². The summed E-state index contributed by atoms with van der Waals surface area (Å²) in [4.78, 5) is 30.0. The molecule has 0 fully saturated rings. The fourth-order valence-corrected chi connectivity index (χ4v) is 6.11. The molecule has 0 spiro atoms. The molecule has 0 bridgehead atoms. The molecule has 0 atom stereocenters. The molecule has 0 radical (unpaired) electrons. The van der Waals surface area contributed by atoms with E-state index in [1.54, 1.807) is 12.4 Å². The number of thiophene rings is 1. The molecule has 10 heteroatoms. The molecule has 1 aliphatic carbocycles. The van der Waals surface area contributed by atoms with Crippen molar-refractivity contribution in [3.05, 3.63) is 76.4 Å². The molecule has 0 unspecified atom stereocenters. The number of carbonyl (C=O) groups excluding carboxylic acids is 2. The third-order valence-corrected chi connectivity index (χ3v) is 7.77. The number of carbonyl (C=O) groups is 2. The van der Waals surface area contributed by atoms with E-state index in [-0.39, 0.29) is 11.7 Å². The average Bonchev–Trinajstić information content (AvgIpc) is 3.53. The minimum absolute atomic E-state index is 0.129. The maximum absolute atomic E-state index is 12.8. The van der Waals surface area contributed by atoms with Crippen LogP contribution in [0.15, 0.2) is 60.0 Å². The molecule has 1 aromatic carbocycles. The van der Waals surface area contributed by atoms with E-state index in [4.69, 9.17) is 5.73 Å². The van der Waals surface area contributed by atoms with E-state index in [0.29, 0.717) is 28.1 Å². The highest BCUT2D eigenvalue weighted by Gasteiger charge is 2.26. The normalized spacial score (nSPS) is 12.5. The van der Waals surface area contributed by atoms with Gasteiger partial charge in [0, 0.05) is 22.8 Å². The Kier molecular flexibility index (Phi) is 6.41. The van der Waals surface area contributed by atoms with Gasteiger partial charge in [0.05, 0.1) is 17.9 Å². The smallest absolute Gasteiger partial charge is 0.251 e. The third kappa shape index (κ3) is 4.59. The molecule has 8 nitrogen and oxygen atoms in total. The third-order valence-electron chi connectivity index (χ3n) is 5.59. The zero-order valence-corrected chi connectivity index (χ0v) is 19.9. The number of hydrogen-bond acceptors (Lipinski definition) is 7. The zero-order valence-electron chi connectivity index (χ0n) is 18.2. The van der Waals surface area contributed by atoms with Crippen LogP contribution in [0, 0.1) is 0 Å². The maximum atomic E-state index is 12.8. The molecule has 3 heterocycles. The van der Waals surface area contributed by atoms with E-state index in [1.807, 2.05) is 47.0 Å². The van der Waals surface area contributed by atoms with Crippen LogP contribution in [0.25, 0.3) is 11.4 Å². The number of nitrogens with one attached hydrogen (secondary N) is 1. The van der Waals surface area contributed by atoms with Crippen molar-refractivity contribution in [3.63, 3.8) is 0 Å². The Hall–Kier alpha value is -3.50. The topological polar surface area (TPSA) is 116 Å². The summed E-state index contributed by atoms with van der Waals surface area (Å²) in [7, 11) is 0. The Morgan fingerprint density at radius 1 is 1.09 bits per heavy atom. The number of primary amides is 1. The standard InChI is InChI=1S/C24H22N6O2S2/c25-21(32)20-17-7-4-8-18(17)34-23(20)27-19(31)14-33-24-29-28-22(16-9-11-26-12-10-16)30(24)13-15-5-2-1-3-6-15/h1-3,5-6,9-12H,4,7-8,13-14H2,(H2,25,32)(H,27,31). The molecule has 4 aromatic rings. The van der Waals surface area contributed by atoms with Gasteiger partial charge < -0.3 is 11.1 Å². The van der Waals surface area contributed by atoms with Crippen molar-refractivity contribution < 1.29 is 9.59 Å². The van der Waals surface area contributed by atoms with Crippen molar-refractivity contribution in [1.29, 1.82) is 0 Å². The summed E-state index contributed by atoms with van der Waals surface area (Å²) < 4.78 is 2.00. The second-order valence-corrected chi connectivity index (χ2v) is 9.92. The van der Waals surface area contributed by atoms with Crippen LogP contribution in [0.5, 0.6) is 0 Å². The Morgan fingerprint density at radius 3 is 2.65 bits per heavy atom. The number of thioether (sulfide) groups is 1. The number of aromatic nitrogens is 4. The summed E-state index contributed by atoms with van der Waals surface area (Å²) in [6, 6.07) is 13.8. The van der Waals surface area contributed by atoms with Crippen LogP contribution in [-0.2, 0) is 24.2 Å². The number of pyridine rings is 1. The second kappa shape index (κ2) is 9.78. The monoisotopic (exact) mass is 490 g/mol. The van der Waals surface area contributed by atoms with Gasteiger partial charge in [-0.1, -0.05) is 42.1 Å². The van der Waals surface area contributed by atoms with Gasteiger partial charge in [0.25, 0.3) is 5.91 Å². The summed E-state index contributed by atoms with van der Waals surface area (Å²) in [6.07, 6.45) is 6.19. The van der Waals surface area contributed by atoms with E-state index in [2.05, 4.69) is 20.5 Å². The number of nitrogens with two attached hydrogens (primary N) is 1. The van der Waals surface area contributed by atoms with Gasteiger partial charge >= 0.3 is 0 Å². The lowest BCUT2D eigenvalue weighted by molar-refractivity contribution is -0.113. The Morgan fingerprint density at radius 2 is 1.88 bits per heavy atom. The molecule has 0 saturated heterocycles. The summed E-state index contributed by atoms with van der Waals surface area (Å²) in [6.45, 7) is 0.568. The van der Waals surface area contributed by atoms with Crippen LogP contribution in [0.1, 0.15) is 32.8 Å². The van der Waals surface area contributed by atoms with Gasteiger partial charge in [0.15, 0.2) is 11.0 Å². The lowest BCUT2D eigenvalue weighted by atomic mass is 10.1. The highest BCUT2D eigenvalue weighted by Crippen LogP contribution is 2.39. The van der Waals surface area contributed by atoms with Crippen LogP contribution in [0.3, 0.4) is 0 Å². The number of rotatable bonds is 8. The van der Waals surface area contributed by atoms with Gasteiger partial charge in [-0.25, -0.2) is 0 Å². The van der Waals surface area contributed by atoms with Gasteiger partial charge in [0.1, 0.15) is 5.00 Å². The number of benzene rings is 1. The van der Waals surface area contributed by atoms with Crippen LogP contribution in [-0.4, -0.2) is 37.3 Å². The van der Waals surface area contributed by atoms with E-state index in [1.165, 1.54) is 23.1 Å². The van der Waals surface area contributed by atoms with Gasteiger partial charge in [0.2, 0.25) is 5.91 Å². The predicted octanol–water partition coefficient (Wildman–Crippen LogP) is 3.77. The molecule has 3 N–H and O–H groups in total. The van der Waals surface area contributed by atoms with Crippen molar-refractivity contribution in [1.82, 2.24) is 19.7 Å². The van der Waals surface area contributed by atoms with Gasteiger partial charge in [-0.2, -0.15) is 0 Å². The van der Waals surface area contributed by atoms with Crippen LogP contribution >= 0.6 is 23.1 Å². The van der Waals surface area contributed by atoms with E-state index < -0.39 is 5.91 Å². The molecule has 0 saturated carbocycles. The molecular weight excluding hydrogens is 468 g/mol. The van der Waals surface area contributed by atoms with Crippen molar-refractivity contribution in [2.45, 2.75) is 31.0 Å². The summed E-state index contributed by atoms with van der Waals surface area (Å²) in [5.41, 5.74) is 9.06. The number of nitrogens with zero attached hydrogens (tertiary/aromatic N) is 4. The highest BCUT2D eigenvalue weighted by molar-refractivity contribution is 7.99. The van der Waals surface area contributed by atoms with Crippen LogP contribution in [0.4, 0.5) is 5.00 Å². The first-order valence-electron chi connectivity index (χ1n) is 10.8. The number of amides is 2. The summed E-state index contributed by atoms with van der Waals surface area (Å²) >= 11 is 2.76. The number of anilines is 1. The quantitative estimate of drug-likeness (QED) is 0.363. The van der Waals surface area contributed by atoms with Crippen LogP contribution in [0.2, 0.25) is 0 Å². The first kappa shape index (κ1) is 22.3. The molecule has 172 valence electrons. The molecule has 5 rings (SSSR count). The maximum Gasteiger partial charge on any atom is 0.251 e. The first-order valence-corrected chi connectivity index (χ1v) is 12.6. The molecule has 34 heavy (non-hydrogen) atoms. The average molecular weight is 491 g/mol. The van der Waals surface area contributed by atoms with Crippen LogP contribution < -0.4 is 11.1 Å². The van der Waals surface area contributed by atoms with Gasteiger partial charge in [-0.15, -0.1) is 21.5 Å². The molecule has 0 aliphatic heterocycles. The Labute approximate surface area is 204 Å². The van der Waals surface area contributed by atoms with E-state index in [0.717, 1.165) is 40.8 Å². The molecular formula is C24H22N6O2S2. The van der Waals surface area contributed by atoms with Crippen molar-refractivity contribution >= 4 is 39.9 Å². The lowest BCUT2D eigenvalue weighted by Gasteiger charge is -2.11. The van der Waals surface area contributed by atoms with Gasteiger partial charge in [-0.3, -0.25) is 19.1 Å². The lowest BCUT2D eigenvalue weighted by Crippen LogP contribution is -2.19. The number of fused-ring (bicyclic) bond motifs is 1. The summed E-state index contributed by atoms with van der Waals surface area (Å²) in [5, 5.41) is 12.8. The minimum atomic E-state index is -0.494. The van der Waals surface area contributed by atoms with Crippen molar-refractivity contribution in [2.75, 3.05) is 11.1 Å². The molecule has 2 amide bonds. The minimum Gasteiger partial charge on any atom is -0.365 e. The highest BCUT2D eigenvalue weighted by atomic mass is 32.2. The summed E-state index contributed by atoms with van der Waals surface area (Å²) in [5.74, 6) is 0.128. The Balaban J connectivity index is 1.35. The van der Waals surface area contributed by atoms with Crippen molar-refractivity contribution in [2.24, 2.45) is 5.73 Å². The van der Waals surface area contributed by atoms with E-state index >= 15 is 0 Å². The fourth-order valence-electron chi connectivity index (χ4n) is 4.06. The number of hydrogen-bond donors (Lipinski definition) is 2. The Bertz CT molecular complexity index is 1330. The predicted molar refractivity (Wildman–Crippen MR) is 133 cm³/mol. The first-order chi connectivity index (χ1) is 16.6. The fraction of sp³-hybridized carbons (Fsp3) is 0.208.